The van der Waals surface area contributed by atoms with E-state index >= 15 is 0 Å². The fraction of sp³-hybridized carbons (Fsp3) is 0.200. The van der Waals surface area contributed by atoms with Crippen LogP contribution in [-0.2, 0) is 6.42 Å². The summed E-state index contributed by atoms with van der Waals surface area (Å²) in [5, 5.41) is 6.58. The lowest BCUT2D eigenvalue weighted by molar-refractivity contribution is 0.395. The molecular weight excluding hydrogens is 328 g/mol. The van der Waals surface area contributed by atoms with Gasteiger partial charge in [-0.25, -0.2) is 9.97 Å². The highest BCUT2D eigenvalue weighted by atomic mass is 16.5. The summed E-state index contributed by atoms with van der Waals surface area (Å²) in [6.07, 6.45) is 2.46. The number of nitrogens with zero attached hydrogens (tertiary/aromatic N) is 2. The van der Waals surface area contributed by atoms with Crippen LogP contribution < -0.4 is 20.1 Å². The Morgan fingerprint density at radius 3 is 2.46 bits per heavy atom. The van der Waals surface area contributed by atoms with Gasteiger partial charge in [0.15, 0.2) is 0 Å². The number of anilines is 3. The van der Waals surface area contributed by atoms with Crippen molar-refractivity contribution in [3.63, 3.8) is 0 Å². The number of methoxy groups -OCH3 is 2. The van der Waals surface area contributed by atoms with Crippen molar-refractivity contribution in [1.82, 2.24) is 9.97 Å². The van der Waals surface area contributed by atoms with Gasteiger partial charge >= 0.3 is 0 Å². The Kier molecular flexibility index (Phi) is 5.88. The van der Waals surface area contributed by atoms with Crippen LogP contribution in [0.25, 0.3) is 0 Å². The molecule has 1 aromatic heterocycles. The maximum atomic E-state index is 5.40. The number of ether oxygens (including phenoxy) is 2. The lowest BCUT2D eigenvalue weighted by atomic mass is 10.1. The third-order valence-electron chi connectivity index (χ3n) is 3.90. The molecule has 0 radical (unpaired) electrons. The Balaban J connectivity index is 1.64. The standard InChI is InChI=1S/C20H22N4O2/c1-25-16-8-9-17(18(12-16)26-2)24-20-13-19(22-14-23-20)21-11-10-15-6-4-3-5-7-15/h3-9,12-14H,10-11H2,1-2H3,(H2,21,22,23,24). The Morgan fingerprint density at radius 1 is 0.885 bits per heavy atom. The van der Waals surface area contributed by atoms with Crippen molar-refractivity contribution >= 4 is 17.3 Å². The van der Waals surface area contributed by atoms with Gasteiger partial charge in [0.05, 0.1) is 19.9 Å². The zero-order chi connectivity index (χ0) is 18.2. The quantitative estimate of drug-likeness (QED) is 0.642. The number of hydrogen-bond donors (Lipinski definition) is 2. The highest BCUT2D eigenvalue weighted by molar-refractivity contribution is 5.66. The van der Waals surface area contributed by atoms with Crippen molar-refractivity contribution in [2.45, 2.75) is 6.42 Å². The van der Waals surface area contributed by atoms with Gasteiger partial charge < -0.3 is 20.1 Å². The fourth-order valence-electron chi connectivity index (χ4n) is 2.54. The van der Waals surface area contributed by atoms with Crippen molar-refractivity contribution in [2.75, 3.05) is 31.4 Å². The minimum atomic E-state index is 0.682. The second-order valence-electron chi connectivity index (χ2n) is 5.64. The summed E-state index contributed by atoms with van der Waals surface area (Å²) in [5.74, 6) is 2.87. The Morgan fingerprint density at radius 2 is 1.69 bits per heavy atom. The van der Waals surface area contributed by atoms with E-state index in [9.17, 15) is 0 Å². The molecule has 0 spiro atoms. The highest BCUT2D eigenvalue weighted by Crippen LogP contribution is 2.31. The van der Waals surface area contributed by atoms with E-state index in [-0.39, 0.29) is 0 Å². The zero-order valence-corrected chi connectivity index (χ0v) is 14.9. The van der Waals surface area contributed by atoms with E-state index in [0.717, 1.165) is 30.2 Å². The van der Waals surface area contributed by atoms with Gasteiger partial charge in [0, 0.05) is 18.7 Å². The van der Waals surface area contributed by atoms with Gasteiger partial charge in [0.1, 0.15) is 29.5 Å². The molecule has 2 aromatic carbocycles. The average molecular weight is 350 g/mol. The Labute approximate surface area is 153 Å². The van der Waals surface area contributed by atoms with Crippen LogP contribution in [0.4, 0.5) is 17.3 Å². The first-order valence-corrected chi connectivity index (χ1v) is 8.37. The second kappa shape index (κ2) is 8.71. The fourth-order valence-corrected chi connectivity index (χ4v) is 2.54. The minimum absolute atomic E-state index is 0.682. The lowest BCUT2D eigenvalue weighted by Gasteiger charge is -2.12. The van der Waals surface area contributed by atoms with Crippen LogP contribution >= 0.6 is 0 Å². The topological polar surface area (TPSA) is 68.3 Å². The Hall–Kier alpha value is -3.28. The molecule has 134 valence electrons. The van der Waals surface area contributed by atoms with Gasteiger partial charge in [0.2, 0.25) is 0 Å². The maximum Gasteiger partial charge on any atom is 0.146 e. The molecule has 3 rings (SSSR count). The van der Waals surface area contributed by atoms with Crippen molar-refractivity contribution in [1.29, 1.82) is 0 Å². The molecule has 0 aliphatic heterocycles. The molecule has 0 fully saturated rings. The maximum absolute atomic E-state index is 5.40. The van der Waals surface area contributed by atoms with Gasteiger partial charge in [0.25, 0.3) is 0 Å². The zero-order valence-electron chi connectivity index (χ0n) is 14.9. The molecule has 6 nitrogen and oxygen atoms in total. The van der Waals surface area contributed by atoms with E-state index in [0.29, 0.717) is 11.6 Å². The molecule has 0 amide bonds. The van der Waals surface area contributed by atoms with E-state index < -0.39 is 0 Å². The Bertz CT molecular complexity index is 840. The van der Waals surface area contributed by atoms with Crippen molar-refractivity contribution in [3.05, 3.63) is 66.5 Å². The summed E-state index contributed by atoms with van der Waals surface area (Å²) < 4.78 is 10.6. The predicted octanol–water partition coefficient (Wildman–Crippen LogP) is 3.89. The summed E-state index contributed by atoms with van der Waals surface area (Å²) in [4.78, 5) is 8.54. The van der Waals surface area contributed by atoms with Crippen molar-refractivity contribution in [3.8, 4) is 11.5 Å². The van der Waals surface area contributed by atoms with Crippen molar-refractivity contribution < 1.29 is 9.47 Å². The van der Waals surface area contributed by atoms with E-state index in [1.807, 2.05) is 42.5 Å². The summed E-state index contributed by atoms with van der Waals surface area (Å²) in [5.41, 5.74) is 2.10. The molecule has 0 saturated heterocycles. The molecule has 0 saturated carbocycles. The summed E-state index contributed by atoms with van der Waals surface area (Å²) >= 11 is 0. The summed E-state index contributed by atoms with van der Waals surface area (Å²) in [6.45, 7) is 0.798. The summed E-state index contributed by atoms with van der Waals surface area (Å²) in [7, 11) is 3.25. The minimum Gasteiger partial charge on any atom is -0.497 e. The number of hydrogen-bond acceptors (Lipinski definition) is 6. The first-order chi connectivity index (χ1) is 12.8. The number of rotatable bonds is 8. The van der Waals surface area contributed by atoms with Crippen LogP contribution in [0, 0.1) is 0 Å². The van der Waals surface area contributed by atoms with Gasteiger partial charge in [-0.2, -0.15) is 0 Å². The van der Waals surface area contributed by atoms with Gasteiger partial charge in [-0.1, -0.05) is 30.3 Å². The van der Waals surface area contributed by atoms with Crippen LogP contribution in [-0.4, -0.2) is 30.7 Å². The molecular formula is C20H22N4O2. The van der Waals surface area contributed by atoms with Crippen LogP contribution in [0.1, 0.15) is 5.56 Å². The van der Waals surface area contributed by atoms with Gasteiger partial charge in [-0.15, -0.1) is 0 Å². The molecule has 0 atom stereocenters. The van der Waals surface area contributed by atoms with E-state index in [1.165, 1.54) is 11.9 Å². The molecule has 6 heteroatoms. The number of nitrogens with one attached hydrogen (secondary N) is 2. The highest BCUT2D eigenvalue weighted by Gasteiger charge is 2.07. The molecule has 2 N–H and O–H groups in total. The summed E-state index contributed by atoms with van der Waals surface area (Å²) in [6, 6.07) is 17.8. The van der Waals surface area contributed by atoms with E-state index in [4.69, 9.17) is 9.47 Å². The molecule has 26 heavy (non-hydrogen) atoms. The third kappa shape index (κ3) is 4.63. The SMILES string of the molecule is COc1ccc(Nc2cc(NCCc3ccccc3)ncn2)c(OC)c1. The predicted molar refractivity (Wildman–Crippen MR) is 103 cm³/mol. The first-order valence-electron chi connectivity index (χ1n) is 8.37. The largest absolute Gasteiger partial charge is 0.497 e. The van der Waals surface area contributed by atoms with Gasteiger partial charge in [-0.05, 0) is 24.1 Å². The van der Waals surface area contributed by atoms with Crippen LogP contribution in [0.3, 0.4) is 0 Å². The molecule has 0 unspecified atom stereocenters. The van der Waals surface area contributed by atoms with Crippen LogP contribution in [0.5, 0.6) is 11.5 Å². The molecule has 3 aromatic rings. The molecule has 0 aliphatic carbocycles. The number of benzene rings is 2. The molecule has 0 bridgehead atoms. The van der Waals surface area contributed by atoms with Crippen LogP contribution in [0.2, 0.25) is 0 Å². The normalized spacial score (nSPS) is 10.2. The lowest BCUT2D eigenvalue weighted by Crippen LogP contribution is -2.07. The second-order valence-corrected chi connectivity index (χ2v) is 5.64. The first kappa shape index (κ1) is 17.5. The number of aromatic nitrogens is 2. The van der Waals surface area contributed by atoms with Gasteiger partial charge in [-0.3, -0.25) is 0 Å². The smallest absolute Gasteiger partial charge is 0.146 e. The van der Waals surface area contributed by atoms with E-state index in [1.54, 1.807) is 14.2 Å². The van der Waals surface area contributed by atoms with Crippen LogP contribution in [0.15, 0.2) is 60.9 Å². The third-order valence-corrected chi connectivity index (χ3v) is 3.90. The van der Waals surface area contributed by atoms with Crippen molar-refractivity contribution in [2.24, 2.45) is 0 Å². The average Bonchev–Trinajstić information content (AvgIpc) is 2.69. The molecule has 1 heterocycles. The monoisotopic (exact) mass is 350 g/mol. The molecule has 0 aliphatic rings. The van der Waals surface area contributed by atoms with E-state index in [2.05, 4.69) is 32.7 Å².